The zero-order chi connectivity index (χ0) is 32.7. The van der Waals surface area contributed by atoms with Gasteiger partial charge in [-0.2, -0.15) is 0 Å². The van der Waals surface area contributed by atoms with E-state index in [9.17, 15) is 0 Å². The molecule has 1 aliphatic carbocycles. The van der Waals surface area contributed by atoms with Crippen LogP contribution in [0, 0.1) is 0 Å². The molecule has 0 radical (unpaired) electrons. The third-order valence-electron chi connectivity index (χ3n) is 11.0. The van der Waals surface area contributed by atoms with Gasteiger partial charge >= 0.3 is 0 Å². The number of rotatable bonds is 3. The Morgan fingerprint density at radius 1 is 0.306 bits per heavy atom. The molecule has 0 atom stereocenters. The standard InChI is InChI=1S/C49H34/c1-49(2)46-17-8-7-15-42(46)43-25-24-36(30-47(43)49)35-22-19-31-18-21-34(27-39(31)28-35)33-11-9-12-37(26-33)45-29-38-23-20-32-10-3-4-13-40(32)48(38)44-16-6-5-14-41(44)45/h3-30H,1-2H3. The van der Waals surface area contributed by atoms with Crippen LogP contribution in [0.3, 0.4) is 0 Å². The molecule has 0 saturated carbocycles. The number of benzene rings is 9. The van der Waals surface area contributed by atoms with E-state index in [4.69, 9.17) is 0 Å². The van der Waals surface area contributed by atoms with Crippen molar-refractivity contribution in [3.05, 3.63) is 181 Å². The van der Waals surface area contributed by atoms with E-state index >= 15 is 0 Å². The summed E-state index contributed by atoms with van der Waals surface area (Å²) in [6, 6.07) is 63.2. The molecule has 230 valence electrons. The first-order chi connectivity index (χ1) is 24.0. The van der Waals surface area contributed by atoms with Gasteiger partial charge in [-0.15, -0.1) is 0 Å². The van der Waals surface area contributed by atoms with Crippen LogP contribution in [0.25, 0.3) is 87.6 Å². The molecule has 0 aliphatic heterocycles. The summed E-state index contributed by atoms with van der Waals surface area (Å²) in [7, 11) is 0. The van der Waals surface area contributed by atoms with Crippen LogP contribution in [0.2, 0.25) is 0 Å². The van der Waals surface area contributed by atoms with Crippen LogP contribution in [-0.2, 0) is 5.41 Å². The van der Waals surface area contributed by atoms with Crippen LogP contribution in [0.15, 0.2) is 170 Å². The second-order valence-corrected chi connectivity index (χ2v) is 14.1. The average molecular weight is 623 g/mol. The first kappa shape index (κ1) is 28.1. The SMILES string of the molecule is CC1(C)c2ccccc2-c2ccc(-c3ccc4ccc(-c5cccc(-c6cc7ccc8ccccc8c7c7ccccc67)c5)cc4c3)cc21. The number of hydrogen-bond acceptors (Lipinski definition) is 0. The zero-order valence-corrected chi connectivity index (χ0v) is 27.7. The van der Waals surface area contributed by atoms with E-state index in [1.807, 2.05) is 0 Å². The molecule has 0 fully saturated rings. The molecule has 0 unspecified atom stereocenters. The third-order valence-corrected chi connectivity index (χ3v) is 11.0. The second-order valence-electron chi connectivity index (χ2n) is 14.1. The molecule has 0 aromatic heterocycles. The van der Waals surface area contributed by atoms with Gasteiger partial charge in [0.05, 0.1) is 0 Å². The lowest BCUT2D eigenvalue weighted by Gasteiger charge is -2.22. The third kappa shape index (κ3) is 4.31. The fourth-order valence-electron chi connectivity index (χ4n) is 8.47. The summed E-state index contributed by atoms with van der Waals surface area (Å²) in [5.41, 5.74) is 13.0. The topological polar surface area (TPSA) is 0 Å². The number of fused-ring (bicyclic) bond motifs is 9. The molecule has 1 aliphatic rings. The van der Waals surface area contributed by atoms with E-state index in [1.54, 1.807) is 0 Å². The van der Waals surface area contributed by atoms with Crippen LogP contribution >= 0.6 is 0 Å². The molecular weight excluding hydrogens is 589 g/mol. The van der Waals surface area contributed by atoms with E-state index in [1.165, 1.54) is 98.7 Å². The van der Waals surface area contributed by atoms with E-state index in [0.29, 0.717) is 0 Å². The Labute approximate surface area is 286 Å². The molecule has 0 heterocycles. The highest BCUT2D eigenvalue weighted by molar-refractivity contribution is 6.23. The van der Waals surface area contributed by atoms with Crippen molar-refractivity contribution in [3.8, 4) is 44.5 Å². The highest BCUT2D eigenvalue weighted by Crippen LogP contribution is 2.49. The summed E-state index contributed by atoms with van der Waals surface area (Å²) in [4.78, 5) is 0. The maximum absolute atomic E-state index is 2.42. The van der Waals surface area contributed by atoms with Gasteiger partial charge in [0.1, 0.15) is 0 Å². The van der Waals surface area contributed by atoms with Gasteiger partial charge in [-0.05, 0) is 129 Å². The van der Waals surface area contributed by atoms with Gasteiger partial charge in [-0.1, -0.05) is 153 Å². The normalized spacial score (nSPS) is 13.3. The Kier molecular flexibility index (Phi) is 6.02. The highest BCUT2D eigenvalue weighted by atomic mass is 14.4. The Morgan fingerprint density at radius 2 is 0.898 bits per heavy atom. The monoisotopic (exact) mass is 622 g/mol. The molecule has 0 spiro atoms. The van der Waals surface area contributed by atoms with Gasteiger partial charge in [0.25, 0.3) is 0 Å². The summed E-state index contributed by atoms with van der Waals surface area (Å²) in [6.45, 7) is 4.70. The van der Waals surface area contributed by atoms with Crippen molar-refractivity contribution in [2.75, 3.05) is 0 Å². The molecule has 0 N–H and O–H groups in total. The van der Waals surface area contributed by atoms with Crippen molar-refractivity contribution < 1.29 is 0 Å². The largest absolute Gasteiger partial charge is 0.0619 e. The summed E-state index contributed by atoms with van der Waals surface area (Å²) in [5, 5.41) is 10.3. The fourth-order valence-corrected chi connectivity index (χ4v) is 8.47. The smallest absolute Gasteiger partial charge is 0.0159 e. The van der Waals surface area contributed by atoms with Gasteiger partial charge < -0.3 is 0 Å². The van der Waals surface area contributed by atoms with Crippen LogP contribution in [-0.4, -0.2) is 0 Å². The Hall–Kier alpha value is -5.98. The van der Waals surface area contributed by atoms with Gasteiger partial charge in [0.2, 0.25) is 0 Å². The quantitative estimate of drug-likeness (QED) is 0.172. The summed E-state index contributed by atoms with van der Waals surface area (Å²) >= 11 is 0. The average Bonchev–Trinajstić information content (AvgIpc) is 3.39. The van der Waals surface area contributed by atoms with Crippen molar-refractivity contribution >= 4 is 43.1 Å². The maximum Gasteiger partial charge on any atom is 0.0159 e. The van der Waals surface area contributed by atoms with Crippen molar-refractivity contribution in [2.45, 2.75) is 19.3 Å². The molecule has 9 aromatic rings. The predicted octanol–water partition coefficient (Wildman–Crippen LogP) is 13.6. The minimum Gasteiger partial charge on any atom is -0.0619 e. The van der Waals surface area contributed by atoms with Crippen LogP contribution in [0.4, 0.5) is 0 Å². The van der Waals surface area contributed by atoms with Crippen LogP contribution in [0.1, 0.15) is 25.0 Å². The molecule has 0 amide bonds. The molecule has 0 heteroatoms. The van der Waals surface area contributed by atoms with Crippen molar-refractivity contribution in [3.63, 3.8) is 0 Å². The van der Waals surface area contributed by atoms with E-state index in [0.717, 1.165) is 0 Å². The molecular formula is C49H34. The first-order valence-corrected chi connectivity index (χ1v) is 17.3. The van der Waals surface area contributed by atoms with Crippen LogP contribution in [0.5, 0.6) is 0 Å². The first-order valence-electron chi connectivity index (χ1n) is 17.3. The minimum absolute atomic E-state index is 0.0128. The van der Waals surface area contributed by atoms with E-state index in [2.05, 4.69) is 184 Å². The predicted molar refractivity (Wildman–Crippen MR) is 210 cm³/mol. The Morgan fingerprint density at radius 3 is 1.73 bits per heavy atom. The van der Waals surface area contributed by atoms with Gasteiger partial charge in [0.15, 0.2) is 0 Å². The molecule has 49 heavy (non-hydrogen) atoms. The fraction of sp³-hybridized carbons (Fsp3) is 0.0612. The van der Waals surface area contributed by atoms with Crippen molar-refractivity contribution in [1.29, 1.82) is 0 Å². The summed E-state index contributed by atoms with van der Waals surface area (Å²) < 4.78 is 0. The van der Waals surface area contributed by atoms with Gasteiger partial charge in [0, 0.05) is 5.41 Å². The van der Waals surface area contributed by atoms with Crippen molar-refractivity contribution in [2.24, 2.45) is 0 Å². The number of hydrogen-bond donors (Lipinski definition) is 0. The molecule has 10 rings (SSSR count). The minimum atomic E-state index is -0.0128. The summed E-state index contributed by atoms with van der Waals surface area (Å²) in [6.07, 6.45) is 0. The van der Waals surface area contributed by atoms with E-state index in [-0.39, 0.29) is 5.41 Å². The molecule has 0 nitrogen and oxygen atoms in total. The zero-order valence-electron chi connectivity index (χ0n) is 27.7. The second kappa shape index (κ2) is 10.5. The lowest BCUT2D eigenvalue weighted by atomic mass is 9.81. The molecule has 0 saturated heterocycles. The van der Waals surface area contributed by atoms with Crippen LogP contribution < -0.4 is 0 Å². The highest BCUT2D eigenvalue weighted by Gasteiger charge is 2.35. The molecule has 0 bridgehead atoms. The Balaban J connectivity index is 1.06. The lowest BCUT2D eigenvalue weighted by Crippen LogP contribution is -2.14. The maximum atomic E-state index is 2.42. The summed E-state index contributed by atoms with van der Waals surface area (Å²) in [5.74, 6) is 0. The molecule has 9 aromatic carbocycles. The lowest BCUT2D eigenvalue weighted by molar-refractivity contribution is 0.660. The van der Waals surface area contributed by atoms with Gasteiger partial charge in [-0.25, -0.2) is 0 Å². The van der Waals surface area contributed by atoms with E-state index < -0.39 is 0 Å². The Bertz CT molecular complexity index is 2800. The van der Waals surface area contributed by atoms with Crippen molar-refractivity contribution in [1.82, 2.24) is 0 Å². The van der Waals surface area contributed by atoms with Gasteiger partial charge in [-0.3, -0.25) is 0 Å².